The van der Waals surface area contributed by atoms with Gasteiger partial charge < -0.3 is 10.6 Å². The molecule has 1 saturated heterocycles. The summed E-state index contributed by atoms with van der Waals surface area (Å²) in [4.78, 5) is 5.08. The number of anilines is 2. The maximum absolute atomic E-state index is 5.71. The lowest BCUT2D eigenvalue weighted by Gasteiger charge is -2.36. The van der Waals surface area contributed by atoms with Crippen molar-refractivity contribution in [1.82, 2.24) is 4.90 Å². The van der Waals surface area contributed by atoms with Crippen LogP contribution in [0.5, 0.6) is 0 Å². The van der Waals surface area contributed by atoms with Crippen LogP contribution in [-0.4, -0.2) is 37.6 Å². The molecule has 1 aliphatic heterocycles. The van der Waals surface area contributed by atoms with E-state index in [-0.39, 0.29) is 0 Å². The Morgan fingerprint density at radius 2 is 1.65 bits per heavy atom. The van der Waals surface area contributed by atoms with Crippen LogP contribution < -0.4 is 10.6 Å². The van der Waals surface area contributed by atoms with Crippen molar-refractivity contribution in [2.45, 2.75) is 12.8 Å². The van der Waals surface area contributed by atoms with Crippen molar-refractivity contribution in [3.05, 3.63) is 24.3 Å². The second kappa shape index (κ2) is 4.57. The normalized spacial score (nSPS) is 21.8. The third-order valence-corrected chi connectivity index (χ3v) is 3.84. The monoisotopic (exact) mass is 231 g/mol. The zero-order valence-corrected chi connectivity index (χ0v) is 10.3. The zero-order chi connectivity index (χ0) is 11.7. The van der Waals surface area contributed by atoms with Crippen LogP contribution in [0.15, 0.2) is 24.3 Å². The fourth-order valence-electron chi connectivity index (χ4n) is 2.54. The number of hydrogen-bond acceptors (Lipinski definition) is 3. The molecule has 17 heavy (non-hydrogen) atoms. The van der Waals surface area contributed by atoms with Crippen molar-refractivity contribution in [3.8, 4) is 0 Å². The van der Waals surface area contributed by atoms with E-state index in [1.165, 1.54) is 38.2 Å². The minimum absolute atomic E-state index is 0.848. The van der Waals surface area contributed by atoms with Crippen LogP contribution in [0.1, 0.15) is 12.8 Å². The van der Waals surface area contributed by atoms with Crippen LogP contribution in [0.25, 0.3) is 0 Å². The summed E-state index contributed by atoms with van der Waals surface area (Å²) in [5.41, 5.74) is 7.87. The molecule has 1 aromatic rings. The summed E-state index contributed by atoms with van der Waals surface area (Å²) in [5.74, 6) is 1.01. The molecular weight excluding hydrogens is 210 g/mol. The molecule has 0 radical (unpaired) electrons. The Kier molecular flexibility index (Phi) is 2.93. The molecule has 2 N–H and O–H groups in total. The van der Waals surface area contributed by atoms with Gasteiger partial charge in [-0.2, -0.15) is 0 Å². The number of rotatable bonds is 3. The lowest BCUT2D eigenvalue weighted by atomic mass is 10.2. The minimum atomic E-state index is 0.848. The molecular formula is C14H21N3. The SMILES string of the molecule is Nc1ccc(N2CCN(CC3CC3)CC2)cc1. The molecule has 1 aliphatic carbocycles. The van der Waals surface area contributed by atoms with E-state index < -0.39 is 0 Å². The summed E-state index contributed by atoms with van der Waals surface area (Å²) >= 11 is 0. The second-order valence-electron chi connectivity index (χ2n) is 5.32. The number of hydrogen-bond donors (Lipinski definition) is 1. The fraction of sp³-hybridized carbons (Fsp3) is 0.571. The second-order valence-corrected chi connectivity index (χ2v) is 5.32. The van der Waals surface area contributed by atoms with Gasteiger partial charge in [-0.25, -0.2) is 0 Å². The van der Waals surface area contributed by atoms with E-state index in [0.717, 1.165) is 24.7 Å². The Balaban J connectivity index is 1.54. The van der Waals surface area contributed by atoms with Gasteiger partial charge in [0.05, 0.1) is 0 Å². The summed E-state index contributed by atoms with van der Waals surface area (Å²) in [6.07, 6.45) is 2.91. The summed E-state index contributed by atoms with van der Waals surface area (Å²) in [6, 6.07) is 8.25. The molecule has 0 unspecified atom stereocenters. The molecule has 1 aromatic carbocycles. The van der Waals surface area contributed by atoms with Gasteiger partial charge in [-0.1, -0.05) is 0 Å². The number of nitrogens with two attached hydrogens (primary N) is 1. The molecule has 0 aromatic heterocycles. The first-order valence-electron chi connectivity index (χ1n) is 6.64. The standard InChI is InChI=1S/C14H21N3/c15-13-3-5-14(6-4-13)17-9-7-16(8-10-17)11-12-1-2-12/h3-6,12H,1-2,7-11,15H2. The molecule has 92 valence electrons. The molecule has 2 fully saturated rings. The first kappa shape index (κ1) is 10.9. The summed E-state index contributed by atoms with van der Waals surface area (Å²) in [7, 11) is 0. The number of nitrogen functional groups attached to an aromatic ring is 1. The van der Waals surface area contributed by atoms with Crippen LogP contribution >= 0.6 is 0 Å². The van der Waals surface area contributed by atoms with Crippen molar-refractivity contribution in [2.75, 3.05) is 43.4 Å². The molecule has 1 saturated carbocycles. The first-order valence-corrected chi connectivity index (χ1v) is 6.64. The molecule has 3 rings (SSSR count). The Morgan fingerprint density at radius 1 is 1.00 bits per heavy atom. The molecule has 0 amide bonds. The predicted octanol–water partition coefficient (Wildman–Crippen LogP) is 1.80. The van der Waals surface area contributed by atoms with Gasteiger partial charge in [-0.3, -0.25) is 4.90 Å². The summed E-state index contributed by atoms with van der Waals surface area (Å²) < 4.78 is 0. The highest BCUT2D eigenvalue weighted by atomic mass is 15.3. The van der Waals surface area contributed by atoms with Crippen molar-refractivity contribution in [3.63, 3.8) is 0 Å². The zero-order valence-electron chi connectivity index (χ0n) is 10.3. The van der Waals surface area contributed by atoms with Gasteiger partial charge in [0.15, 0.2) is 0 Å². The molecule has 0 bridgehead atoms. The van der Waals surface area contributed by atoms with E-state index in [1.54, 1.807) is 0 Å². The Bertz CT molecular complexity index is 362. The van der Waals surface area contributed by atoms with Crippen molar-refractivity contribution in [2.24, 2.45) is 5.92 Å². The Morgan fingerprint density at radius 3 is 2.24 bits per heavy atom. The van der Waals surface area contributed by atoms with Crippen LogP contribution in [0, 0.1) is 5.92 Å². The number of piperazine rings is 1. The number of nitrogens with zero attached hydrogens (tertiary/aromatic N) is 2. The fourth-order valence-corrected chi connectivity index (χ4v) is 2.54. The van der Waals surface area contributed by atoms with Crippen LogP contribution in [0.2, 0.25) is 0 Å². The van der Waals surface area contributed by atoms with E-state index in [2.05, 4.69) is 21.9 Å². The minimum Gasteiger partial charge on any atom is -0.399 e. The Hall–Kier alpha value is -1.22. The highest BCUT2D eigenvalue weighted by molar-refractivity contribution is 5.53. The van der Waals surface area contributed by atoms with Crippen molar-refractivity contribution >= 4 is 11.4 Å². The maximum atomic E-state index is 5.71. The van der Waals surface area contributed by atoms with Crippen molar-refractivity contribution in [1.29, 1.82) is 0 Å². The molecule has 3 heteroatoms. The molecule has 2 aliphatic rings. The van der Waals surface area contributed by atoms with Crippen LogP contribution in [0.3, 0.4) is 0 Å². The largest absolute Gasteiger partial charge is 0.399 e. The molecule has 1 heterocycles. The third kappa shape index (κ3) is 2.72. The van der Waals surface area contributed by atoms with Crippen LogP contribution in [0.4, 0.5) is 11.4 Å². The quantitative estimate of drug-likeness (QED) is 0.805. The molecule has 3 nitrogen and oxygen atoms in total. The summed E-state index contributed by atoms with van der Waals surface area (Å²) in [6.45, 7) is 6.05. The average Bonchev–Trinajstić information content (AvgIpc) is 3.15. The van der Waals surface area contributed by atoms with Gasteiger partial charge in [0, 0.05) is 44.1 Å². The molecule has 0 atom stereocenters. The van der Waals surface area contributed by atoms with Gasteiger partial charge in [0.2, 0.25) is 0 Å². The topological polar surface area (TPSA) is 32.5 Å². The van der Waals surface area contributed by atoms with Gasteiger partial charge in [0.25, 0.3) is 0 Å². The van der Waals surface area contributed by atoms with Gasteiger partial charge in [-0.15, -0.1) is 0 Å². The number of benzene rings is 1. The lowest BCUT2D eigenvalue weighted by Crippen LogP contribution is -2.47. The van der Waals surface area contributed by atoms with E-state index in [1.807, 2.05) is 12.1 Å². The predicted molar refractivity (Wildman–Crippen MR) is 72.2 cm³/mol. The Labute approximate surface area is 103 Å². The van der Waals surface area contributed by atoms with Gasteiger partial charge in [-0.05, 0) is 43.0 Å². The maximum Gasteiger partial charge on any atom is 0.0368 e. The van der Waals surface area contributed by atoms with E-state index in [0.29, 0.717) is 0 Å². The highest BCUT2D eigenvalue weighted by Crippen LogP contribution is 2.30. The highest BCUT2D eigenvalue weighted by Gasteiger charge is 2.26. The first-order chi connectivity index (χ1) is 8.31. The third-order valence-electron chi connectivity index (χ3n) is 3.84. The van der Waals surface area contributed by atoms with E-state index in [9.17, 15) is 0 Å². The van der Waals surface area contributed by atoms with Gasteiger partial charge in [0.1, 0.15) is 0 Å². The van der Waals surface area contributed by atoms with Crippen molar-refractivity contribution < 1.29 is 0 Å². The molecule has 0 spiro atoms. The van der Waals surface area contributed by atoms with Gasteiger partial charge >= 0.3 is 0 Å². The lowest BCUT2D eigenvalue weighted by molar-refractivity contribution is 0.248. The summed E-state index contributed by atoms with van der Waals surface area (Å²) in [5, 5.41) is 0. The smallest absolute Gasteiger partial charge is 0.0368 e. The average molecular weight is 231 g/mol. The van der Waals surface area contributed by atoms with E-state index >= 15 is 0 Å². The van der Waals surface area contributed by atoms with Crippen LogP contribution in [-0.2, 0) is 0 Å². The van der Waals surface area contributed by atoms with E-state index in [4.69, 9.17) is 5.73 Å².